The highest BCUT2D eigenvalue weighted by Crippen LogP contribution is 2.39. The summed E-state index contributed by atoms with van der Waals surface area (Å²) >= 11 is 6.04. The predicted molar refractivity (Wildman–Crippen MR) is 70.9 cm³/mol. The molecule has 94 valence electrons. The van der Waals surface area contributed by atoms with Gasteiger partial charge in [-0.05, 0) is 36.6 Å². The summed E-state index contributed by atoms with van der Waals surface area (Å²) in [5.74, 6) is -0.228. The van der Waals surface area contributed by atoms with Crippen molar-refractivity contribution in [2.24, 2.45) is 0 Å². The van der Waals surface area contributed by atoms with Crippen molar-refractivity contribution in [2.75, 3.05) is 13.1 Å². The molecule has 18 heavy (non-hydrogen) atoms. The summed E-state index contributed by atoms with van der Waals surface area (Å²) < 4.78 is 16.7. The zero-order chi connectivity index (χ0) is 12.3. The third kappa shape index (κ3) is 1.26. The number of halogens is 2. The van der Waals surface area contributed by atoms with Gasteiger partial charge in [-0.2, -0.15) is 0 Å². The Morgan fingerprint density at radius 1 is 1.22 bits per heavy atom. The highest BCUT2D eigenvalue weighted by atomic mass is 35.5. The highest BCUT2D eigenvalue weighted by Gasteiger charge is 2.27. The van der Waals surface area contributed by atoms with Crippen LogP contribution in [0.5, 0.6) is 0 Å². The molecule has 3 heterocycles. The van der Waals surface area contributed by atoms with Gasteiger partial charge in [-0.25, -0.2) is 4.39 Å². The standard InChI is InChI=1S/C14H14ClFN2/c15-10-7-8-3-6-18-11-2-5-17-4-1-9(11)12(13(10)16)14(8)18/h7,17H,1-6H2. The molecular weight excluding hydrogens is 251 g/mol. The van der Waals surface area contributed by atoms with Crippen molar-refractivity contribution in [1.29, 1.82) is 0 Å². The second kappa shape index (κ2) is 3.72. The molecular formula is C14H14ClFN2. The summed E-state index contributed by atoms with van der Waals surface area (Å²) in [6, 6.07) is 1.81. The van der Waals surface area contributed by atoms with Gasteiger partial charge in [0.2, 0.25) is 0 Å². The molecule has 1 N–H and O–H groups in total. The maximum Gasteiger partial charge on any atom is 0.151 e. The molecule has 2 aliphatic heterocycles. The van der Waals surface area contributed by atoms with Crippen LogP contribution in [-0.2, 0) is 25.8 Å². The lowest BCUT2D eigenvalue weighted by molar-refractivity contribution is 0.638. The van der Waals surface area contributed by atoms with E-state index in [1.54, 1.807) is 6.07 Å². The van der Waals surface area contributed by atoms with E-state index in [2.05, 4.69) is 9.88 Å². The first-order valence-electron chi connectivity index (χ1n) is 6.49. The predicted octanol–water partition coefficient (Wildman–Crippen LogP) is 2.68. The van der Waals surface area contributed by atoms with Crippen LogP contribution >= 0.6 is 11.6 Å². The van der Waals surface area contributed by atoms with Gasteiger partial charge in [0, 0.05) is 30.6 Å². The molecule has 0 amide bonds. The maximum absolute atomic E-state index is 14.4. The van der Waals surface area contributed by atoms with Crippen LogP contribution in [0.15, 0.2) is 6.07 Å². The van der Waals surface area contributed by atoms with Crippen LogP contribution in [0.4, 0.5) is 4.39 Å². The molecule has 4 rings (SSSR count). The molecule has 2 nitrogen and oxygen atoms in total. The number of hydrogen-bond donors (Lipinski definition) is 1. The van der Waals surface area contributed by atoms with Crippen molar-refractivity contribution in [3.05, 3.63) is 33.7 Å². The number of nitrogens with zero attached hydrogens (tertiary/aromatic N) is 1. The van der Waals surface area contributed by atoms with Crippen molar-refractivity contribution >= 4 is 22.5 Å². The molecule has 2 aromatic rings. The molecule has 0 saturated heterocycles. The topological polar surface area (TPSA) is 17.0 Å². The van der Waals surface area contributed by atoms with Gasteiger partial charge < -0.3 is 9.88 Å². The normalized spacial score (nSPS) is 18.1. The molecule has 4 heteroatoms. The van der Waals surface area contributed by atoms with Crippen LogP contribution in [0.25, 0.3) is 10.9 Å². The fourth-order valence-electron chi connectivity index (χ4n) is 3.46. The first-order chi connectivity index (χ1) is 8.77. The molecule has 1 aromatic heterocycles. The molecule has 1 aromatic carbocycles. The monoisotopic (exact) mass is 264 g/mol. The fourth-order valence-corrected chi connectivity index (χ4v) is 3.69. The summed E-state index contributed by atoms with van der Waals surface area (Å²) in [6.07, 6.45) is 2.86. The fraction of sp³-hybridized carbons (Fsp3) is 0.429. The van der Waals surface area contributed by atoms with Crippen LogP contribution in [-0.4, -0.2) is 17.7 Å². The van der Waals surface area contributed by atoms with Crippen LogP contribution in [0, 0.1) is 5.82 Å². The summed E-state index contributed by atoms with van der Waals surface area (Å²) in [5, 5.41) is 4.44. The van der Waals surface area contributed by atoms with Gasteiger partial charge in [0.05, 0.1) is 10.5 Å². The van der Waals surface area contributed by atoms with E-state index in [9.17, 15) is 4.39 Å². The van der Waals surface area contributed by atoms with Crippen molar-refractivity contribution in [2.45, 2.75) is 25.8 Å². The number of nitrogens with one attached hydrogen (secondary N) is 1. The van der Waals surface area contributed by atoms with Gasteiger partial charge in [0.1, 0.15) is 0 Å². The average Bonchev–Trinajstić information content (AvgIpc) is 2.79. The summed E-state index contributed by atoms with van der Waals surface area (Å²) in [6.45, 7) is 2.88. The quantitative estimate of drug-likeness (QED) is 0.774. The van der Waals surface area contributed by atoms with Gasteiger partial charge in [-0.1, -0.05) is 11.6 Å². The largest absolute Gasteiger partial charge is 0.344 e. The molecule has 2 aliphatic rings. The number of aryl methyl sites for hydroxylation is 2. The van der Waals surface area contributed by atoms with Crippen molar-refractivity contribution < 1.29 is 4.39 Å². The Morgan fingerprint density at radius 2 is 2.06 bits per heavy atom. The van der Waals surface area contributed by atoms with E-state index in [1.807, 2.05) is 0 Å². The van der Waals surface area contributed by atoms with E-state index in [4.69, 9.17) is 11.6 Å². The van der Waals surface area contributed by atoms with Gasteiger partial charge in [0.15, 0.2) is 5.82 Å². The SMILES string of the molecule is Fc1c(Cl)cc2c3c1c1c(n3CC2)CCNCC1. The van der Waals surface area contributed by atoms with Gasteiger partial charge >= 0.3 is 0 Å². The summed E-state index contributed by atoms with van der Waals surface area (Å²) in [7, 11) is 0. The first kappa shape index (κ1) is 10.8. The molecule has 0 spiro atoms. The molecule has 0 radical (unpaired) electrons. The number of rotatable bonds is 0. The van der Waals surface area contributed by atoms with Crippen LogP contribution in [0.3, 0.4) is 0 Å². The van der Waals surface area contributed by atoms with Crippen LogP contribution < -0.4 is 5.32 Å². The van der Waals surface area contributed by atoms with E-state index in [1.165, 1.54) is 16.8 Å². The highest BCUT2D eigenvalue weighted by molar-refractivity contribution is 6.31. The zero-order valence-electron chi connectivity index (χ0n) is 10.0. The Hall–Kier alpha value is -1.06. The Bertz CT molecular complexity index is 660. The molecule has 0 unspecified atom stereocenters. The number of fused-ring (bicyclic) bond motifs is 3. The molecule has 0 fully saturated rings. The maximum atomic E-state index is 14.4. The smallest absolute Gasteiger partial charge is 0.151 e. The molecule has 0 aliphatic carbocycles. The van der Waals surface area contributed by atoms with E-state index < -0.39 is 0 Å². The third-order valence-electron chi connectivity index (χ3n) is 4.21. The van der Waals surface area contributed by atoms with E-state index >= 15 is 0 Å². The summed E-state index contributed by atoms with van der Waals surface area (Å²) in [5.41, 5.74) is 4.80. The van der Waals surface area contributed by atoms with Crippen LogP contribution in [0.1, 0.15) is 16.8 Å². The Morgan fingerprint density at radius 3 is 2.94 bits per heavy atom. The number of benzene rings is 1. The van der Waals surface area contributed by atoms with Gasteiger partial charge in [-0.15, -0.1) is 0 Å². The van der Waals surface area contributed by atoms with Crippen molar-refractivity contribution in [1.82, 2.24) is 9.88 Å². The Balaban J connectivity index is 2.15. The second-order valence-electron chi connectivity index (χ2n) is 5.13. The van der Waals surface area contributed by atoms with E-state index in [0.29, 0.717) is 0 Å². The lowest BCUT2D eigenvalue weighted by atomic mass is 10.0. The third-order valence-corrected chi connectivity index (χ3v) is 4.49. The van der Waals surface area contributed by atoms with E-state index in [-0.39, 0.29) is 10.8 Å². The van der Waals surface area contributed by atoms with Crippen molar-refractivity contribution in [3.63, 3.8) is 0 Å². The molecule has 0 saturated carbocycles. The minimum absolute atomic E-state index is 0.228. The Labute approximate surface area is 110 Å². The van der Waals surface area contributed by atoms with Gasteiger partial charge in [-0.3, -0.25) is 0 Å². The lowest BCUT2D eigenvalue weighted by Crippen LogP contribution is -2.17. The van der Waals surface area contributed by atoms with Crippen molar-refractivity contribution in [3.8, 4) is 0 Å². The molecule has 0 atom stereocenters. The van der Waals surface area contributed by atoms with Gasteiger partial charge in [0.25, 0.3) is 0 Å². The minimum atomic E-state index is -0.228. The average molecular weight is 265 g/mol. The minimum Gasteiger partial charge on any atom is -0.344 e. The first-order valence-corrected chi connectivity index (χ1v) is 6.86. The molecule has 0 bridgehead atoms. The number of aromatic nitrogens is 1. The summed E-state index contributed by atoms with van der Waals surface area (Å²) in [4.78, 5) is 0. The zero-order valence-corrected chi connectivity index (χ0v) is 10.8. The lowest BCUT2D eigenvalue weighted by Gasteiger charge is -2.05. The number of hydrogen-bond acceptors (Lipinski definition) is 1. The van der Waals surface area contributed by atoms with Crippen LogP contribution in [0.2, 0.25) is 5.02 Å². The van der Waals surface area contributed by atoms with E-state index in [0.717, 1.165) is 49.8 Å². The Kier molecular flexibility index (Phi) is 2.24. The second-order valence-corrected chi connectivity index (χ2v) is 5.54.